The van der Waals surface area contributed by atoms with E-state index in [1.807, 2.05) is 0 Å². The molecule has 0 fully saturated rings. The van der Waals surface area contributed by atoms with Crippen molar-refractivity contribution in [2.45, 2.75) is 19.1 Å². The van der Waals surface area contributed by atoms with Crippen LogP contribution in [0.25, 0.3) is 0 Å². The van der Waals surface area contributed by atoms with Crippen molar-refractivity contribution in [1.29, 1.82) is 0 Å². The zero-order chi connectivity index (χ0) is 11.3. The topological polar surface area (TPSA) is 119 Å². The van der Waals surface area contributed by atoms with Gasteiger partial charge in [-0.25, -0.2) is 0 Å². The zero-order valence-electron chi connectivity index (χ0n) is 8.60. The van der Waals surface area contributed by atoms with Gasteiger partial charge >= 0.3 is 0 Å². The number of hydrogen-bond acceptors (Lipinski definition) is 6. The second kappa shape index (κ2) is 5.37. The molecule has 15 heavy (non-hydrogen) atoms. The number of ether oxygens (including phenoxy) is 1. The third kappa shape index (κ3) is 2.96. The molecule has 0 bridgehead atoms. The fourth-order valence-corrected chi connectivity index (χ4v) is 1.03. The first kappa shape index (κ1) is 11.5. The maximum absolute atomic E-state index is 11.5. The van der Waals surface area contributed by atoms with E-state index in [-0.39, 0.29) is 18.5 Å². The molecular weight excluding hydrogens is 200 g/mol. The van der Waals surface area contributed by atoms with Crippen LogP contribution >= 0.6 is 0 Å². The number of carbonyl (C=O) groups is 1. The number of methoxy groups -OCH3 is 1. The molecule has 0 aliphatic rings. The Labute approximate surface area is 86.6 Å². The molecule has 4 N–H and O–H groups in total. The monoisotopic (exact) mass is 214 g/mol. The van der Waals surface area contributed by atoms with Crippen LogP contribution in [-0.4, -0.2) is 46.3 Å². The van der Waals surface area contributed by atoms with Crippen molar-refractivity contribution in [2.75, 3.05) is 13.7 Å². The molecule has 2 unspecified atom stereocenters. The van der Waals surface area contributed by atoms with Crippen molar-refractivity contribution in [3.63, 3.8) is 0 Å². The predicted molar refractivity (Wildman–Crippen MR) is 50.6 cm³/mol. The minimum absolute atomic E-state index is 0.126. The Hall–Kier alpha value is -1.54. The Morgan fingerprint density at radius 2 is 2.47 bits per heavy atom. The molecule has 1 aromatic heterocycles. The molecule has 8 heteroatoms. The van der Waals surface area contributed by atoms with E-state index in [0.29, 0.717) is 5.82 Å². The van der Waals surface area contributed by atoms with Crippen LogP contribution in [0.4, 0.5) is 0 Å². The van der Waals surface area contributed by atoms with E-state index in [9.17, 15) is 4.79 Å². The molecular formula is C7H14N6O2. The van der Waals surface area contributed by atoms with Gasteiger partial charge in [-0.2, -0.15) is 5.21 Å². The fraction of sp³-hybridized carbons (Fsp3) is 0.714. The number of carbonyl (C=O) groups excluding carboxylic acids is 1. The number of rotatable bonds is 5. The lowest BCUT2D eigenvalue weighted by atomic mass is 10.2. The number of aromatic nitrogens is 4. The molecule has 0 spiro atoms. The van der Waals surface area contributed by atoms with Crippen LogP contribution in [0, 0.1) is 0 Å². The number of tetrazole rings is 1. The van der Waals surface area contributed by atoms with Gasteiger partial charge in [0.25, 0.3) is 5.91 Å². The Morgan fingerprint density at radius 1 is 1.73 bits per heavy atom. The van der Waals surface area contributed by atoms with Crippen LogP contribution < -0.4 is 11.1 Å². The first-order valence-corrected chi connectivity index (χ1v) is 4.45. The minimum Gasteiger partial charge on any atom is -0.370 e. The largest absolute Gasteiger partial charge is 0.370 e. The van der Waals surface area contributed by atoms with Crippen LogP contribution in [0.3, 0.4) is 0 Å². The molecule has 0 aliphatic carbocycles. The molecule has 1 rings (SSSR count). The first-order valence-electron chi connectivity index (χ1n) is 4.45. The molecule has 84 valence electrons. The van der Waals surface area contributed by atoms with Gasteiger partial charge in [0.1, 0.15) is 6.10 Å². The number of hydrogen-bond donors (Lipinski definition) is 3. The normalized spacial score (nSPS) is 14.6. The Morgan fingerprint density at radius 3 is 2.93 bits per heavy atom. The van der Waals surface area contributed by atoms with Crippen molar-refractivity contribution in [3.05, 3.63) is 5.82 Å². The van der Waals surface area contributed by atoms with Crippen molar-refractivity contribution < 1.29 is 9.53 Å². The Bertz CT molecular complexity index is 296. The van der Waals surface area contributed by atoms with Gasteiger partial charge in [0, 0.05) is 13.7 Å². The van der Waals surface area contributed by atoms with Gasteiger partial charge in [-0.3, -0.25) is 4.79 Å². The van der Waals surface area contributed by atoms with E-state index in [0.717, 1.165) is 0 Å². The average Bonchev–Trinajstić information content (AvgIpc) is 2.72. The molecule has 0 saturated carbocycles. The van der Waals surface area contributed by atoms with E-state index < -0.39 is 6.10 Å². The molecule has 2 atom stereocenters. The summed E-state index contributed by atoms with van der Waals surface area (Å²) in [4.78, 5) is 11.5. The second-order valence-electron chi connectivity index (χ2n) is 2.96. The quantitative estimate of drug-likeness (QED) is 0.540. The minimum atomic E-state index is -0.653. The Kier molecular flexibility index (Phi) is 4.13. The average molecular weight is 214 g/mol. The number of H-pyrrole nitrogens is 1. The lowest BCUT2D eigenvalue weighted by Gasteiger charge is -2.15. The summed E-state index contributed by atoms with van der Waals surface area (Å²) in [6, 6.07) is -0.333. The number of nitrogens with one attached hydrogen (secondary N) is 2. The summed E-state index contributed by atoms with van der Waals surface area (Å²) in [5, 5.41) is 15.8. The molecule has 0 radical (unpaired) electrons. The number of aromatic amines is 1. The number of amides is 1. The van der Waals surface area contributed by atoms with Crippen molar-refractivity contribution in [3.8, 4) is 0 Å². The molecule has 0 aromatic carbocycles. The third-order valence-corrected chi connectivity index (χ3v) is 1.90. The van der Waals surface area contributed by atoms with Crippen LogP contribution in [0.15, 0.2) is 0 Å². The highest BCUT2D eigenvalue weighted by molar-refractivity contribution is 5.81. The highest BCUT2D eigenvalue weighted by Crippen LogP contribution is 2.03. The number of nitrogens with two attached hydrogens (primary N) is 1. The number of nitrogens with zero attached hydrogens (tertiary/aromatic N) is 3. The van der Waals surface area contributed by atoms with Gasteiger partial charge in [-0.05, 0) is 6.92 Å². The maximum Gasteiger partial charge on any atom is 0.251 e. The van der Waals surface area contributed by atoms with Crippen LogP contribution in [0.2, 0.25) is 0 Å². The summed E-state index contributed by atoms with van der Waals surface area (Å²) >= 11 is 0. The van der Waals surface area contributed by atoms with Crippen LogP contribution in [0.1, 0.15) is 18.8 Å². The third-order valence-electron chi connectivity index (χ3n) is 1.90. The summed E-state index contributed by atoms with van der Waals surface area (Å²) in [5.41, 5.74) is 5.34. The Balaban J connectivity index is 2.51. The van der Waals surface area contributed by atoms with Crippen LogP contribution in [-0.2, 0) is 9.53 Å². The van der Waals surface area contributed by atoms with Gasteiger partial charge in [-0.15, -0.1) is 10.2 Å². The van der Waals surface area contributed by atoms with E-state index in [2.05, 4.69) is 25.9 Å². The lowest BCUT2D eigenvalue weighted by molar-refractivity contribution is -0.131. The zero-order valence-corrected chi connectivity index (χ0v) is 8.60. The van der Waals surface area contributed by atoms with Gasteiger partial charge in [-0.1, -0.05) is 5.21 Å². The summed E-state index contributed by atoms with van der Waals surface area (Å²) in [5.74, 6) is 0.118. The second-order valence-corrected chi connectivity index (χ2v) is 2.96. The highest BCUT2D eigenvalue weighted by Gasteiger charge is 2.20. The maximum atomic E-state index is 11.5. The molecule has 0 aliphatic heterocycles. The summed E-state index contributed by atoms with van der Waals surface area (Å²) in [6.07, 6.45) is -0.653. The standard InChI is InChI=1S/C7H14N6O2/c1-4(6-10-12-13-11-6)9-7(14)5(3-8)15-2/h4-5H,3,8H2,1-2H3,(H,9,14)(H,10,11,12,13). The van der Waals surface area contributed by atoms with Crippen LogP contribution in [0.5, 0.6) is 0 Å². The summed E-state index contributed by atoms with van der Waals surface area (Å²) < 4.78 is 4.88. The highest BCUT2D eigenvalue weighted by atomic mass is 16.5. The predicted octanol–water partition coefficient (Wildman–Crippen LogP) is -1.65. The fourth-order valence-electron chi connectivity index (χ4n) is 1.03. The van der Waals surface area contributed by atoms with E-state index in [1.54, 1.807) is 6.92 Å². The van der Waals surface area contributed by atoms with Crippen molar-refractivity contribution in [2.24, 2.45) is 5.73 Å². The summed E-state index contributed by atoms with van der Waals surface area (Å²) in [6.45, 7) is 1.87. The van der Waals surface area contributed by atoms with Gasteiger partial charge in [0.15, 0.2) is 5.82 Å². The molecule has 8 nitrogen and oxygen atoms in total. The van der Waals surface area contributed by atoms with Crippen molar-refractivity contribution in [1.82, 2.24) is 25.9 Å². The van der Waals surface area contributed by atoms with Gasteiger partial charge in [0.2, 0.25) is 0 Å². The lowest BCUT2D eigenvalue weighted by Crippen LogP contribution is -2.41. The molecule has 1 amide bonds. The smallest absolute Gasteiger partial charge is 0.251 e. The van der Waals surface area contributed by atoms with Crippen molar-refractivity contribution >= 4 is 5.91 Å². The van der Waals surface area contributed by atoms with E-state index in [1.165, 1.54) is 7.11 Å². The molecule has 1 aromatic rings. The van der Waals surface area contributed by atoms with E-state index >= 15 is 0 Å². The first-order chi connectivity index (χ1) is 7.19. The van der Waals surface area contributed by atoms with Gasteiger partial charge in [0.05, 0.1) is 6.04 Å². The van der Waals surface area contributed by atoms with E-state index in [4.69, 9.17) is 10.5 Å². The van der Waals surface area contributed by atoms with Gasteiger partial charge < -0.3 is 15.8 Å². The molecule has 0 saturated heterocycles. The SMILES string of the molecule is COC(CN)C(=O)NC(C)c1nn[nH]n1. The summed E-state index contributed by atoms with van der Waals surface area (Å²) in [7, 11) is 1.43. The molecule has 1 heterocycles.